The molecule has 1 saturated heterocycles. The Hall–Kier alpha value is -1.41. The van der Waals surface area contributed by atoms with Crippen LogP contribution >= 0.6 is 12.4 Å². The zero-order chi connectivity index (χ0) is 16.3. The first-order valence-corrected chi connectivity index (χ1v) is 9.27. The van der Waals surface area contributed by atoms with E-state index < -0.39 is 10.0 Å². The summed E-state index contributed by atoms with van der Waals surface area (Å²) in [5, 5.41) is 7.41. The second kappa shape index (κ2) is 8.11. The van der Waals surface area contributed by atoms with Gasteiger partial charge in [0.1, 0.15) is 4.90 Å². The van der Waals surface area contributed by atoms with Crippen LogP contribution in [0.15, 0.2) is 47.6 Å². The van der Waals surface area contributed by atoms with E-state index in [0.717, 1.165) is 18.4 Å². The molecule has 2 heterocycles. The number of benzene rings is 1. The van der Waals surface area contributed by atoms with Crippen molar-refractivity contribution in [2.24, 2.45) is 0 Å². The lowest BCUT2D eigenvalue weighted by atomic mass is 10.1. The van der Waals surface area contributed by atoms with Crippen molar-refractivity contribution in [2.45, 2.75) is 30.3 Å². The van der Waals surface area contributed by atoms with Crippen LogP contribution in [0.25, 0.3) is 0 Å². The average molecular weight is 371 g/mol. The molecular weight excluding hydrogens is 348 g/mol. The van der Waals surface area contributed by atoms with Crippen LogP contribution in [0.3, 0.4) is 0 Å². The summed E-state index contributed by atoms with van der Waals surface area (Å²) in [7, 11) is -1.52. The molecule has 1 aliphatic heterocycles. The van der Waals surface area contributed by atoms with Crippen LogP contribution < -0.4 is 5.32 Å². The third-order valence-electron chi connectivity index (χ3n) is 4.30. The first-order chi connectivity index (χ1) is 11.1. The van der Waals surface area contributed by atoms with E-state index >= 15 is 0 Å². The van der Waals surface area contributed by atoms with Crippen molar-refractivity contribution in [3.05, 3.63) is 48.3 Å². The highest BCUT2D eigenvalue weighted by Crippen LogP contribution is 2.20. The molecule has 8 heteroatoms. The van der Waals surface area contributed by atoms with Crippen molar-refractivity contribution < 1.29 is 8.42 Å². The second-order valence-electron chi connectivity index (χ2n) is 5.83. The molecule has 1 aliphatic rings. The summed E-state index contributed by atoms with van der Waals surface area (Å²) in [6.45, 7) is 1.67. The summed E-state index contributed by atoms with van der Waals surface area (Å²) >= 11 is 0. The molecule has 1 N–H and O–H groups in total. The third kappa shape index (κ3) is 4.16. The monoisotopic (exact) mass is 370 g/mol. The van der Waals surface area contributed by atoms with Crippen LogP contribution in [0.2, 0.25) is 0 Å². The summed E-state index contributed by atoms with van der Waals surface area (Å²) in [6, 6.07) is 10.3. The van der Waals surface area contributed by atoms with Gasteiger partial charge in [0.25, 0.3) is 0 Å². The maximum atomic E-state index is 12.7. The van der Waals surface area contributed by atoms with Gasteiger partial charge in [-0.1, -0.05) is 30.3 Å². The Bertz CT molecular complexity index is 740. The van der Waals surface area contributed by atoms with Crippen LogP contribution in [-0.2, 0) is 16.6 Å². The maximum Gasteiger partial charge on any atom is 0.246 e. The molecule has 24 heavy (non-hydrogen) atoms. The van der Waals surface area contributed by atoms with Crippen LogP contribution in [0.1, 0.15) is 18.4 Å². The van der Waals surface area contributed by atoms with Gasteiger partial charge in [0, 0.05) is 25.3 Å². The van der Waals surface area contributed by atoms with E-state index in [1.54, 1.807) is 15.2 Å². The number of rotatable bonds is 5. The van der Waals surface area contributed by atoms with Gasteiger partial charge in [-0.05, 0) is 25.5 Å². The highest BCUT2D eigenvalue weighted by molar-refractivity contribution is 7.89. The fourth-order valence-electron chi connectivity index (χ4n) is 2.87. The van der Waals surface area contributed by atoms with Gasteiger partial charge in [0.2, 0.25) is 10.0 Å². The van der Waals surface area contributed by atoms with Crippen LogP contribution in [0, 0.1) is 0 Å². The largest absolute Gasteiger partial charge is 0.317 e. The number of nitrogens with one attached hydrogen (secondary N) is 1. The van der Waals surface area contributed by atoms with Crippen LogP contribution in [-0.4, -0.2) is 48.7 Å². The first-order valence-electron chi connectivity index (χ1n) is 7.83. The molecule has 2 aromatic rings. The van der Waals surface area contributed by atoms with E-state index in [2.05, 4.69) is 10.4 Å². The van der Waals surface area contributed by atoms with Crippen molar-refractivity contribution in [3.8, 4) is 0 Å². The highest BCUT2D eigenvalue weighted by Gasteiger charge is 2.29. The lowest BCUT2D eigenvalue weighted by molar-refractivity contribution is 0.298. The molecule has 132 valence electrons. The molecule has 0 unspecified atom stereocenters. The topological polar surface area (TPSA) is 67.2 Å². The van der Waals surface area contributed by atoms with Crippen molar-refractivity contribution >= 4 is 22.4 Å². The maximum absolute atomic E-state index is 12.7. The van der Waals surface area contributed by atoms with Gasteiger partial charge in [0.05, 0.1) is 12.7 Å². The number of piperidine rings is 1. The minimum absolute atomic E-state index is 0. The van der Waals surface area contributed by atoms with Gasteiger partial charge >= 0.3 is 0 Å². The Labute approximate surface area is 149 Å². The molecule has 3 rings (SSSR count). The summed E-state index contributed by atoms with van der Waals surface area (Å²) < 4.78 is 28.6. The second-order valence-corrected chi connectivity index (χ2v) is 7.76. The van der Waals surface area contributed by atoms with E-state index in [4.69, 9.17) is 0 Å². The zero-order valence-corrected chi connectivity index (χ0v) is 15.3. The lowest BCUT2D eigenvalue weighted by Gasteiger charge is -2.30. The van der Waals surface area contributed by atoms with Gasteiger partial charge in [-0.15, -0.1) is 12.4 Å². The number of aromatic nitrogens is 2. The smallest absolute Gasteiger partial charge is 0.246 e. The number of hydrogen-bond donors (Lipinski definition) is 1. The Balaban J connectivity index is 0.00000208. The van der Waals surface area contributed by atoms with E-state index in [-0.39, 0.29) is 17.3 Å². The minimum atomic E-state index is -3.44. The predicted octanol–water partition coefficient (Wildman–Crippen LogP) is 1.73. The highest BCUT2D eigenvalue weighted by atomic mass is 35.5. The Morgan fingerprint density at radius 3 is 2.50 bits per heavy atom. The number of halogens is 1. The lowest BCUT2D eigenvalue weighted by Crippen LogP contribution is -2.43. The van der Waals surface area contributed by atoms with Crippen LogP contribution in [0.5, 0.6) is 0 Å². The molecule has 1 fully saturated rings. The predicted molar refractivity (Wildman–Crippen MR) is 95.9 cm³/mol. The first kappa shape index (κ1) is 18.9. The van der Waals surface area contributed by atoms with Crippen molar-refractivity contribution in [1.29, 1.82) is 0 Å². The zero-order valence-electron chi connectivity index (χ0n) is 13.6. The summed E-state index contributed by atoms with van der Waals surface area (Å²) in [5.41, 5.74) is 1.09. The fourth-order valence-corrected chi connectivity index (χ4v) is 4.29. The van der Waals surface area contributed by atoms with E-state index in [0.29, 0.717) is 25.7 Å². The van der Waals surface area contributed by atoms with E-state index in [1.165, 1.54) is 6.20 Å². The van der Waals surface area contributed by atoms with Crippen molar-refractivity contribution in [1.82, 2.24) is 19.4 Å². The normalized spacial score (nSPS) is 16.7. The van der Waals surface area contributed by atoms with E-state index in [1.807, 2.05) is 37.4 Å². The SMILES string of the molecule is CNC1CCN(S(=O)(=O)c2cnn(Cc3ccccc3)c2)CC1.Cl. The average Bonchev–Trinajstić information content (AvgIpc) is 3.05. The van der Waals surface area contributed by atoms with Gasteiger partial charge in [0.15, 0.2) is 0 Å². The quantitative estimate of drug-likeness (QED) is 0.870. The molecule has 0 spiro atoms. The molecule has 0 atom stereocenters. The fraction of sp³-hybridized carbons (Fsp3) is 0.438. The van der Waals surface area contributed by atoms with Gasteiger partial charge in [-0.25, -0.2) is 8.42 Å². The Morgan fingerprint density at radius 2 is 1.88 bits per heavy atom. The summed E-state index contributed by atoms with van der Waals surface area (Å²) in [5.74, 6) is 0. The summed E-state index contributed by atoms with van der Waals surface area (Å²) in [6.07, 6.45) is 4.75. The molecule has 0 aliphatic carbocycles. The number of nitrogens with zero attached hydrogens (tertiary/aromatic N) is 3. The molecule has 1 aromatic carbocycles. The molecule has 0 bridgehead atoms. The molecule has 0 amide bonds. The Kier molecular flexibility index (Phi) is 6.40. The van der Waals surface area contributed by atoms with E-state index in [9.17, 15) is 8.42 Å². The molecular formula is C16H23ClN4O2S. The molecule has 0 radical (unpaired) electrons. The number of sulfonamides is 1. The molecule has 0 saturated carbocycles. The Morgan fingerprint density at radius 1 is 1.21 bits per heavy atom. The van der Waals surface area contributed by atoms with Crippen LogP contribution in [0.4, 0.5) is 0 Å². The summed E-state index contributed by atoms with van der Waals surface area (Å²) in [4.78, 5) is 0.274. The van der Waals surface area contributed by atoms with Gasteiger partial charge < -0.3 is 5.32 Å². The minimum Gasteiger partial charge on any atom is -0.317 e. The van der Waals surface area contributed by atoms with Crippen molar-refractivity contribution in [2.75, 3.05) is 20.1 Å². The van der Waals surface area contributed by atoms with Gasteiger partial charge in [-0.2, -0.15) is 9.40 Å². The standard InChI is InChI=1S/C16H22N4O2S.ClH/c1-17-15-7-9-20(10-8-15)23(21,22)16-11-18-19(13-16)12-14-5-3-2-4-6-14;/h2-6,11,13,15,17H,7-10,12H2,1H3;1H. The van der Waals surface area contributed by atoms with Gasteiger partial charge in [-0.3, -0.25) is 4.68 Å². The number of hydrogen-bond acceptors (Lipinski definition) is 4. The van der Waals surface area contributed by atoms with Crippen molar-refractivity contribution in [3.63, 3.8) is 0 Å². The molecule has 1 aromatic heterocycles. The molecule has 6 nitrogen and oxygen atoms in total. The third-order valence-corrected chi connectivity index (χ3v) is 6.15.